The van der Waals surface area contributed by atoms with Crippen molar-refractivity contribution in [2.24, 2.45) is 0 Å². The van der Waals surface area contributed by atoms with Crippen LogP contribution in [-0.4, -0.2) is 41.2 Å². The fourth-order valence-electron chi connectivity index (χ4n) is 3.93. The average Bonchev–Trinajstić information content (AvgIpc) is 3.04. The van der Waals surface area contributed by atoms with Crippen LogP contribution in [0.15, 0.2) is 24.3 Å². The maximum atomic E-state index is 12.1. The van der Waals surface area contributed by atoms with E-state index in [-0.39, 0.29) is 5.97 Å². The Bertz CT molecular complexity index is 1090. The van der Waals surface area contributed by atoms with E-state index in [1.54, 1.807) is 0 Å². The van der Waals surface area contributed by atoms with Crippen LogP contribution in [-0.2, 0) is 10.3 Å². The number of anilines is 1. The number of aromatic nitrogens is 2. The van der Waals surface area contributed by atoms with Crippen LogP contribution >= 0.6 is 22.9 Å². The summed E-state index contributed by atoms with van der Waals surface area (Å²) in [6.45, 7) is 4.99. The first kappa shape index (κ1) is 20.1. The van der Waals surface area contributed by atoms with Crippen molar-refractivity contribution in [2.45, 2.75) is 32.3 Å². The Kier molecular flexibility index (Phi) is 5.23. The quantitative estimate of drug-likeness (QED) is 0.625. The monoisotopic (exact) mass is 431 g/mol. The number of thiophene rings is 1. The zero-order valence-corrected chi connectivity index (χ0v) is 18.1. The zero-order chi connectivity index (χ0) is 20.8. The molecule has 1 N–H and O–H groups in total. The molecular weight excluding hydrogens is 410 g/mol. The van der Waals surface area contributed by atoms with Crippen LogP contribution in [0.4, 0.5) is 5.82 Å². The van der Waals surface area contributed by atoms with Gasteiger partial charge in [0.2, 0.25) is 0 Å². The molecule has 3 heterocycles. The lowest BCUT2D eigenvalue weighted by Gasteiger charge is -2.39. The highest BCUT2D eigenvalue weighted by Gasteiger charge is 2.36. The van der Waals surface area contributed by atoms with Gasteiger partial charge in [-0.3, -0.25) is 0 Å². The first-order valence-corrected chi connectivity index (χ1v) is 10.6. The third kappa shape index (κ3) is 3.47. The largest absolute Gasteiger partial charge is 0.465 e. The third-order valence-electron chi connectivity index (χ3n) is 5.52. The van der Waals surface area contributed by atoms with Crippen LogP contribution in [0.5, 0.6) is 0 Å². The van der Waals surface area contributed by atoms with Gasteiger partial charge in [-0.1, -0.05) is 29.8 Å². The summed E-state index contributed by atoms with van der Waals surface area (Å²) in [6, 6.07) is 7.45. The van der Waals surface area contributed by atoms with E-state index in [0.29, 0.717) is 41.7 Å². The number of ether oxygens (including phenoxy) is 1. The van der Waals surface area contributed by atoms with Crippen molar-refractivity contribution in [1.82, 2.24) is 9.97 Å². The fraction of sp³-hybridized carbons (Fsp3) is 0.381. The van der Waals surface area contributed by atoms with E-state index < -0.39 is 5.60 Å². The van der Waals surface area contributed by atoms with Crippen molar-refractivity contribution < 1.29 is 14.6 Å². The molecule has 0 radical (unpaired) electrons. The number of nitrogens with zero attached hydrogens (tertiary/aromatic N) is 3. The molecule has 4 rings (SSSR count). The van der Waals surface area contributed by atoms with Crippen molar-refractivity contribution in [2.75, 3.05) is 25.1 Å². The van der Waals surface area contributed by atoms with Gasteiger partial charge in [0.25, 0.3) is 0 Å². The van der Waals surface area contributed by atoms with Gasteiger partial charge < -0.3 is 14.7 Å². The Balaban J connectivity index is 1.69. The Morgan fingerprint density at radius 1 is 1.24 bits per heavy atom. The van der Waals surface area contributed by atoms with Crippen molar-refractivity contribution >= 4 is 44.9 Å². The molecule has 29 heavy (non-hydrogen) atoms. The molecule has 0 atom stereocenters. The summed E-state index contributed by atoms with van der Waals surface area (Å²) in [6.07, 6.45) is 1.07. The summed E-state index contributed by atoms with van der Waals surface area (Å²) in [7, 11) is 1.38. The Labute approximate surface area is 178 Å². The second-order valence-corrected chi connectivity index (χ2v) is 8.73. The number of methoxy groups -OCH3 is 1. The minimum atomic E-state index is -0.961. The third-order valence-corrected chi connectivity index (χ3v) is 7.01. The molecule has 1 fully saturated rings. The number of aryl methyl sites for hydroxylation is 2. The molecule has 1 aromatic carbocycles. The van der Waals surface area contributed by atoms with Gasteiger partial charge in [0.05, 0.1) is 18.1 Å². The molecule has 1 aliphatic rings. The van der Waals surface area contributed by atoms with Gasteiger partial charge in [0.15, 0.2) is 0 Å². The number of esters is 1. The van der Waals surface area contributed by atoms with Gasteiger partial charge in [-0.2, -0.15) is 0 Å². The lowest BCUT2D eigenvalue weighted by Crippen LogP contribution is -2.43. The van der Waals surface area contributed by atoms with Crippen LogP contribution in [0, 0.1) is 13.8 Å². The summed E-state index contributed by atoms with van der Waals surface area (Å²) in [5.41, 5.74) is 0.639. The van der Waals surface area contributed by atoms with Crippen LogP contribution in [0.3, 0.4) is 0 Å². The molecule has 0 spiro atoms. The number of carbonyl (C=O) groups is 1. The smallest absolute Gasteiger partial charge is 0.348 e. The van der Waals surface area contributed by atoms with E-state index in [9.17, 15) is 9.90 Å². The Morgan fingerprint density at radius 2 is 1.93 bits per heavy atom. The molecule has 0 saturated carbocycles. The average molecular weight is 432 g/mol. The second kappa shape index (κ2) is 7.55. The molecular formula is C21H22ClN3O3S. The predicted octanol–water partition coefficient (Wildman–Crippen LogP) is 4.24. The molecule has 2 aromatic heterocycles. The van der Waals surface area contributed by atoms with Crippen molar-refractivity contribution in [1.29, 1.82) is 0 Å². The molecule has 152 valence electrons. The predicted molar refractivity (Wildman–Crippen MR) is 115 cm³/mol. The first-order valence-electron chi connectivity index (χ1n) is 9.42. The fourth-order valence-corrected chi connectivity index (χ4v) is 5.39. The van der Waals surface area contributed by atoms with E-state index in [1.807, 2.05) is 38.1 Å². The number of carbonyl (C=O) groups excluding carboxylic acids is 1. The van der Waals surface area contributed by atoms with Gasteiger partial charge in [-0.05, 0) is 38.3 Å². The second-order valence-electron chi connectivity index (χ2n) is 7.32. The van der Waals surface area contributed by atoms with Crippen LogP contribution < -0.4 is 4.90 Å². The molecule has 0 bridgehead atoms. The van der Waals surface area contributed by atoms with Gasteiger partial charge in [-0.25, -0.2) is 14.8 Å². The van der Waals surface area contributed by atoms with Crippen LogP contribution in [0.2, 0.25) is 5.02 Å². The summed E-state index contributed by atoms with van der Waals surface area (Å²) < 4.78 is 4.91. The summed E-state index contributed by atoms with van der Waals surface area (Å²) in [5, 5.41) is 12.7. The van der Waals surface area contributed by atoms with Crippen LogP contribution in [0.25, 0.3) is 10.2 Å². The van der Waals surface area contributed by atoms with Crippen molar-refractivity contribution in [3.63, 3.8) is 0 Å². The molecule has 0 aliphatic carbocycles. The minimum Gasteiger partial charge on any atom is -0.465 e. The standard InChI is InChI=1S/C21H22ClN3O3S/c1-12-16-18(23-13(2)24-19(16)29-17(12)20(26)28-3)25-10-8-21(27,9-11-25)14-6-4-5-7-15(14)22/h4-7,27H,8-11H2,1-3H3. The summed E-state index contributed by atoms with van der Waals surface area (Å²) in [4.78, 5) is 24.8. The molecule has 1 aliphatic heterocycles. The van der Waals surface area contributed by atoms with Crippen molar-refractivity contribution in [3.05, 3.63) is 51.1 Å². The molecule has 8 heteroatoms. The van der Waals surface area contributed by atoms with E-state index >= 15 is 0 Å². The van der Waals surface area contributed by atoms with Gasteiger partial charge in [-0.15, -0.1) is 11.3 Å². The number of hydrogen-bond donors (Lipinski definition) is 1. The number of benzene rings is 1. The molecule has 1 saturated heterocycles. The van der Waals surface area contributed by atoms with E-state index in [2.05, 4.69) is 14.9 Å². The maximum absolute atomic E-state index is 12.1. The van der Waals surface area contributed by atoms with Gasteiger partial charge in [0.1, 0.15) is 21.3 Å². The Hall–Kier alpha value is -2.22. The lowest BCUT2D eigenvalue weighted by atomic mass is 9.84. The minimum absolute atomic E-state index is 0.360. The lowest BCUT2D eigenvalue weighted by molar-refractivity contribution is 0.0118. The molecule has 0 unspecified atom stereocenters. The number of hydrogen-bond acceptors (Lipinski definition) is 7. The normalized spacial score (nSPS) is 16.2. The molecule has 3 aromatic rings. The maximum Gasteiger partial charge on any atom is 0.348 e. The summed E-state index contributed by atoms with van der Waals surface area (Å²) >= 11 is 7.66. The topological polar surface area (TPSA) is 75.5 Å². The van der Waals surface area contributed by atoms with Crippen molar-refractivity contribution in [3.8, 4) is 0 Å². The first-order chi connectivity index (χ1) is 13.8. The summed E-state index contributed by atoms with van der Waals surface area (Å²) in [5.74, 6) is 1.09. The number of fused-ring (bicyclic) bond motifs is 1. The van der Waals surface area contributed by atoms with Crippen LogP contribution in [0.1, 0.15) is 39.5 Å². The van der Waals surface area contributed by atoms with E-state index in [0.717, 1.165) is 27.2 Å². The number of halogens is 1. The highest BCUT2D eigenvalue weighted by Crippen LogP contribution is 2.41. The highest BCUT2D eigenvalue weighted by atomic mass is 35.5. The number of aliphatic hydroxyl groups is 1. The molecule has 6 nitrogen and oxygen atoms in total. The molecule has 0 amide bonds. The highest BCUT2D eigenvalue weighted by molar-refractivity contribution is 7.20. The van der Waals surface area contributed by atoms with E-state index in [1.165, 1.54) is 18.4 Å². The number of piperidine rings is 1. The number of rotatable bonds is 3. The Morgan fingerprint density at radius 3 is 2.59 bits per heavy atom. The zero-order valence-electron chi connectivity index (χ0n) is 16.5. The van der Waals surface area contributed by atoms with Gasteiger partial charge >= 0.3 is 5.97 Å². The SMILES string of the molecule is COC(=O)c1sc2nc(C)nc(N3CCC(O)(c4ccccc4Cl)CC3)c2c1C. The van der Waals surface area contributed by atoms with Gasteiger partial charge in [0, 0.05) is 23.7 Å². The van der Waals surface area contributed by atoms with E-state index in [4.69, 9.17) is 16.3 Å².